The third kappa shape index (κ3) is 3.91. The molecule has 1 fully saturated rings. The van der Waals surface area contributed by atoms with Crippen molar-refractivity contribution in [1.82, 2.24) is 15.3 Å². The Morgan fingerprint density at radius 2 is 2.24 bits per heavy atom. The molecule has 2 N–H and O–H groups in total. The summed E-state index contributed by atoms with van der Waals surface area (Å²) in [6, 6.07) is 0.142. The first-order valence-electron chi connectivity index (χ1n) is 7.48. The maximum atomic E-state index is 12.5. The molecule has 2 heterocycles. The Morgan fingerprint density at radius 1 is 1.48 bits per heavy atom. The van der Waals surface area contributed by atoms with E-state index in [4.69, 9.17) is 4.74 Å². The van der Waals surface area contributed by atoms with E-state index in [2.05, 4.69) is 20.6 Å². The van der Waals surface area contributed by atoms with E-state index in [9.17, 15) is 4.79 Å². The predicted octanol–water partition coefficient (Wildman–Crippen LogP) is 1.94. The van der Waals surface area contributed by atoms with Crippen molar-refractivity contribution >= 4 is 11.6 Å². The quantitative estimate of drug-likeness (QED) is 0.887. The fraction of sp³-hybridized carbons (Fsp3) is 0.667. The van der Waals surface area contributed by atoms with E-state index >= 15 is 0 Å². The van der Waals surface area contributed by atoms with Crippen molar-refractivity contribution < 1.29 is 9.53 Å². The van der Waals surface area contributed by atoms with Crippen LogP contribution in [-0.2, 0) is 4.74 Å². The molecule has 2 atom stereocenters. The molecule has 1 aromatic heterocycles. The smallest absolute Gasteiger partial charge is 0.272 e. The second-order valence-electron chi connectivity index (χ2n) is 5.77. The summed E-state index contributed by atoms with van der Waals surface area (Å²) in [5, 5.41) is 6.04. The number of nitrogens with zero attached hydrogens (tertiary/aromatic N) is 2. The van der Waals surface area contributed by atoms with Crippen molar-refractivity contribution in [2.24, 2.45) is 0 Å². The van der Waals surface area contributed by atoms with E-state index in [0.717, 1.165) is 12.8 Å². The second-order valence-corrected chi connectivity index (χ2v) is 5.77. The molecule has 0 spiro atoms. The topological polar surface area (TPSA) is 76.1 Å². The molecule has 0 radical (unpaired) electrons. The van der Waals surface area contributed by atoms with Gasteiger partial charge in [0, 0.05) is 25.6 Å². The number of hydrogen-bond acceptors (Lipinski definition) is 5. The summed E-state index contributed by atoms with van der Waals surface area (Å²) in [5.74, 6) is 0.716. The molecule has 1 saturated heterocycles. The van der Waals surface area contributed by atoms with Gasteiger partial charge >= 0.3 is 0 Å². The lowest BCUT2D eigenvalue weighted by atomic mass is 10.0. The molecular formula is C15H24N4O2. The van der Waals surface area contributed by atoms with Crippen LogP contribution in [0.1, 0.15) is 55.8 Å². The zero-order valence-electron chi connectivity index (χ0n) is 13.1. The Kier molecular flexibility index (Phi) is 5.12. The number of carbonyl (C=O) groups is 1. The van der Waals surface area contributed by atoms with Crippen LogP contribution in [0.3, 0.4) is 0 Å². The minimum absolute atomic E-state index is 0.142. The second kappa shape index (κ2) is 6.85. The van der Waals surface area contributed by atoms with Crippen molar-refractivity contribution in [3.05, 3.63) is 17.7 Å². The van der Waals surface area contributed by atoms with Gasteiger partial charge in [0.2, 0.25) is 0 Å². The van der Waals surface area contributed by atoms with Crippen LogP contribution < -0.4 is 10.6 Å². The van der Waals surface area contributed by atoms with Crippen LogP contribution in [0.4, 0.5) is 5.69 Å². The molecule has 2 rings (SSSR count). The highest BCUT2D eigenvalue weighted by molar-refractivity contribution is 5.97. The van der Waals surface area contributed by atoms with Gasteiger partial charge in [0.1, 0.15) is 5.82 Å². The van der Waals surface area contributed by atoms with E-state index in [0.29, 0.717) is 23.8 Å². The Morgan fingerprint density at radius 3 is 2.86 bits per heavy atom. The van der Waals surface area contributed by atoms with Crippen molar-refractivity contribution in [2.75, 3.05) is 19.0 Å². The third-order valence-corrected chi connectivity index (χ3v) is 3.63. The minimum atomic E-state index is -0.150. The zero-order chi connectivity index (χ0) is 15.4. The normalized spacial score (nSPS) is 22.1. The summed E-state index contributed by atoms with van der Waals surface area (Å²) in [6.45, 7) is 6.73. The molecule has 0 aromatic carbocycles. The fourth-order valence-electron chi connectivity index (χ4n) is 2.41. The first-order chi connectivity index (χ1) is 10.0. The van der Waals surface area contributed by atoms with Gasteiger partial charge in [0.05, 0.1) is 18.0 Å². The molecule has 116 valence electrons. The SMILES string of the molecule is CNc1cnc(C(C)C)nc1C(=O)NC1CCOC(C)C1. The van der Waals surface area contributed by atoms with Gasteiger partial charge in [-0.3, -0.25) is 4.79 Å². The number of ether oxygens (including phenoxy) is 1. The van der Waals surface area contributed by atoms with Gasteiger partial charge in [0.15, 0.2) is 5.69 Å². The highest BCUT2D eigenvalue weighted by Gasteiger charge is 2.23. The van der Waals surface area contributed by atoms with E-state index in [1.807, 2.05) is 20.8 Å². The number of amides is 1. The average molecular weight is 292 g/mol. The van der Waals surface area contributed by atoms with Gasteiger partial charge in [-0.15, -0.1) is 0 Å². The largest absolute Gasteiger partial charge is 0.385 e. The zero-order valence-corrected chi connectivity index (χ0v) is 13.1. The van der Waals surface area contributed by atoms with Gasteiger partial charge in [-0.2, -0.15) is 0 Å². The van der Waals surface area contributed by atoms with Gasteiger partial charge in [0.25, 0.3) is 5.91 Å². The van der Waals surface area contributed by atoms with E-state index in [1.54, 1.807) is 13.2 Å². The molecule has 0 aliphatic carbocycles. The van der Waals surface area contributed by atoms with Crippen LogP contribution in [0.2, 0.25) is 0 Å². The van der Waals surface area contributed by atoms with E-state index in [-0.39, 0.29) is 24.0 Å². The Bertz CT molecular complexity index is 504. The van der Waals surface area contributed by atoms with Crippen LogP contribution in [0, 0.1) is 0 Å². The maximum absolute atomic E-state index is 12.5. The highest BCUT2D eigenvalue weighted by Crippen LogP contribution is 2.18. The summed E-state index contributed by atoms with van der Waals surface area (Å²) >= 11 is 0. The van der Waals surface area contributed by atoms with Crippen molar-refractivity contribution in [3.63, 3.8) is 0 Å². The van der Waals surface area contributed by atoms with Crippen molar-refractivity contribution in [1.29, 1.82) is 0 Å². The summed E-state index contributed by atoms with van der Waals surface area (Å²) in [4.78, 5) is 21.2. The monoisotopic (exact) mass is 292 g/mol. The predicted molar refractivity (Wildman–Crippen MR) is 81.6 cm³/mol. The van der Waals surface area contributed by atoms with Gasteiger partial charge in [-0.1, -0.05) is 13.8 Å². The van der Waals surface area contributed by atoms with Crippen LogP contribution in [-0.4, -0.2) is 41.7 Å². The molecule has 1 aromatic rings. The van der Waals surface area contributed by atoms with Gasteiger partial charge in [-0.25, -0.2) is 9.97 Å². The van der Waals surface area contributed by atoms with Crippen LogP contribution >= 0.6 is 0 Å². The summed E-state index contributed by atoms with van der Waals surface area (Å²) in [5.41, 5.74) is 1.06. The minimum Gasteiger partial charge on any atom is -0.385 e. The molecule has 1 aliphatic rings. The van der Waals surface area contributed by atoms with Gasteiger partial charge in [-0.05, 0) is 19.8 Å². The molecule has 6 nitrogen and oxygen atoms in total. The lowest BCUT2D eigenvalue weighted by Crippen LogP contribution is -2.41. The Balaban J connectivity index is 2.15. The Hall–Kier alpha value is -1.69. The molecule has 2 unspecified atom stereocenters. The van der Waals surface area contributed by atoms with E-state index in [1.165, 1.54) is 0 Å². The number of hydrogen-bond donors (Lipinski definition) is 2. The molecule has 21 heavy (non-hydrogen) atoms. The first kappa shape index (κ1) is 15.7. The number of aromatic nitrogens is 2. The fourth-order valence-corrected chi connectivity index (χ4v) is 2.41. The molecule has 1 aliphatic heterocycles. The summed E-state index contributed by atoms with van der Waals surface area (Å²) in [6.07, 6.45) is 3.53. The lowest BCUT2D eigenvalue weighted by molar-refractivity contribution is 0.0136. The molecule has 0 bridgehead atoms. The molecular weight excluding hydrogens is 268 g/mol. The number of carbonyl (C=O) groups excluding carboxylic acids is 1. The van der Waals surface area contributed by atoms with E-state index < -0.39 is 0 Å². The van der Waals surface area contributed by atoms with Crippen LogP contribution in [0.25, 0.3) is 0 Å². The van der Waals surface area contributed by atoms with Gasteiger partial charge < -0.3 is 15.4 Å². The third-order valence-electron chi connectivity index (χ3n) is 3.63. The number of anilines is 1. The molecule has 0 saturated carbocycles. The summed E-state index contributed by atoms with van der Waals surface area (Å²) in [7, 11) is 1.76. The average Bonchev–Trinajstić information content (AvgIpc) is 2.46. The molecule has 1 amide bonds. The van der Waals surface area contributed by atoms with Crippen molar-refractivity contribution in [3.8, 4) is 0 Å². The van der Waals surface area contributed by atoms with Crippen LogP contribution in [0.5, 0.6) is 0 Å². The molecule has 6 heteroatoms. The van der Waals surface area contributed by atoms with Crippen molar-refractivity contribution in [2.45, 2.75) is 51.7 Å². The number of nitrogens with one attached hydrogen (secondary N) is 2. The number of rotatable bonds is 4. The standard InChI is InChI=1S/C15H24N4O2/c1-9(2)14-17-8-12(16-4)13(19-14)15(20)18-11-5-6-21-10(3)7-11/h8-11,16H,5-7H2,1-4H3,(H,18,20). The first-order valence-corrected chi connectivity index (χ1v) is 7.48. The van der Waals surface area contributed by atoms with Crippen LogP contribution in [0.15, 0.2) is 6.20 Å². The maximum Gasteiger partial charge on any atom is 0.272 e. The lowest BCUT2D eigenvalue weighted by Gasteiger charge is -2.28. The summed E-state index contributed by atoms with van der Waals surface area (Å²) < 4.78 is 5.50. The Labute approximate surface area is 125 Å². The highest BCUT2D eigenvalue weighted by atomic mass is 16.5.